The normalized spacial score (nSPS) is 17.9. The van der Waals surface area contributed by atoms with Crippen molar-refractivity contribution in [1.29, 1.82) is 0 Å². The fourth-order valence-corrected chi connectivity index (χ4v) is 5.22. The van der Waals surface area contributed by atoms with E-state index in [2.05, 4.69) is 5.32 Å². The van der Waals surface area contributed by atoms with Crippen molar-refractivity contribution < 1.29 is 31.1 Å². The highest BCUT2D eigenvalue weighted by Crippen LogP contribution is 2.32. The molecule has 1 amide bonds. The number of nitrogens with one attached hydrogen (secondary N) is 1. The van der Waals surface area contributed by atoms with Crippen LogP contribution >= 0.6 is 11.6 Å². The van der Waals surface area contributed by atoms with Crippen molar-refractivity contribution in [2.75, 3.05) is 25.5 Å². The van der Waals surface area contributed by atoms with Crippen LogP contribution in [0.15, 0.2) is 47.4 Å². The van der Waals surface area contributed by atoms with Crippen LogP contribution in [0.5, 0.6) is 5.75 Å². The van der Waals surface area contributed by atoms with E-state index in [1.54, 1.807) is 0 Å². The number of alkyl halides is 3. The molecule has 0 spiro atoms. The fourth-order valence-electron chi connectivity index (χ4n) is 3.35. The number of hydrogen-bond donors (Lipinski definition) is 1. The predicted molar refractivity (Wildman–Crippen MR) is 110 cm³/mol. The van der Waals surface area contributed by atoms with Crippen molar-refractivity contribution in [2.45, 2.75) is 23.9 Å². The number of methoxy groups -OCH3 is 1. The third-order valence-electron chi connectivity index (χ3n) is 4.97. The Morgan fingerprint density at radius 2 is 1.97 bits per heavy atom. The molecule has 2 aromatic carbocycles. The zero-order valence-corrected chi connectivity index (χ0v) is 18.0. The summed E-state index contributed by atoms with van der Waals surface area (Å²) in [4.78, 5) is 12.6. The Morgan fingerprint density at radius 3 is 2.61 bits per heavy atom. The van der Waals surface area contributed by atoms with E-state index in [1.165, 1.54) is 41.7 Å². The second-order valence-electron chi connectivity index (χ2n) is 7.07. The van der Waals surface area contributed by atoms with E-state index in [0.29, 0.717) is 18.6 Å². The van der Waals surface area contributed by atoms with Gasteiger partial charge in [0.2, 0.25) is 15.9 Å². The first kappa shape index (κ1) is 23.4. The van der Waals surface area contributed by atoms with Gasteiger partial charge in [0.15, 0.2) is 0 Å². The molecule has 31 heavy (non-hydrogen) atoms. The summed E-state index contributed by atoms with van der Waals surface area (Å²) in [6, 6.07) is 8.39. The third-order valence-corrected chi connectivity index (χ3v) is 7.13. The number of benzene rings is 2. The van der Waals surface area contributed by atoms with Gasteiger partial charge in [-0.05, 0) is 49.2 Å². The molecule has 11 heteroatoms. The summed E-state index contributed by atoms with van der Waals surface area (Å²) in [5, 5.41) is 2.60. The van der Waals surface area contributed by atoms with Crippen LogP contribution in [0.4, 0.5) is 18.9 Å². The number of anilines is 1. The zero-order valence-electron chi connectivity index (χ0n) is 16.4. The summed E-state index contributed by atoms with van der Waals surface area (Å²) in [6.45, 7) is 0.135. The van der Waals surface area contributed by atoms with Gasteiger partial charge in [0.1, 0.15) is 5.75 Å². The number of amides is 1. The minimum Gasteiger partial charge on any atom is -0.495 e. The second kappa shape index (κ2) is 9.05. The number of halogens is 4. The van der Waals surface area contributed by atoms with Gasteiger partial charge >= 0.3 is 6.18 Å². The lowest BCUT2D eigenvalue weighted by Crippen LogP contribution is -2.43. The number of rotatable bonds is 5. The quantitative estimate of drug-likeness (QED) is 0.693. The average Bonchev–Trinajstić information content (AvgIpc) is 2.73. The van der Waals surface area contributed by atoms with Crippen LogP contribution in [0.25, 0.3) is 0 Å². The molecule has 1 heterocycles. The Hall–Kier alpha value is -2.30. The van der Waals surface area contributed by atoms with E-state index in [-0.39, 0.29) is 28.7 Å². The molecule has 1 fully saturated rings. The molecule has 1 aliphatic rings. The summed E-state index contributed by atoms with van der Waals surface area (Å²) < 4.78 is 70.8. The monoisotopic (exact) mass is 476 g/mol. The molecule has 6 nitrogen and oxygen atoms in total. The summed E-state index contributed by atoms with van der Waals surface area (Å²) in [7, 11) is -2.50. The van der Waals surface area contributed by atoms with Gasteiger partial charge in [-0.1, -0.05) is 17.7 Å². The van der Waals surface area contributed by atoms with Gasteiger partial charge in [0.25, 0.3) is 0 Å². The van der Waals surface area contributed by atoms with Crippen LogP contribution in [0, 0.1) is 5.92 Å². The second-order valence-corrected chi connectivity index (χ2v) is 9.41. The van der Waals surface area contributed by atoms with Crippen LogP contribution in [-0.2, 0) is 21.0 Å². The number of piperidine rings is 1. The predicted octanol–water partition coefficient (Wildman–Crippen LogP) is 4.41. The number of sulfonamides is 1. The van der Waals surface area contributed by atoms with Crippen molar-refractivity contribution in [1.82, 2.24) is 4.31 Å². The highest BCUT2D eigenvalue weighted by Gasteiger charge is 2.34. The topological polar surface area (TPSA) is 75.7 Å². The van der Waals surface area contributed by atoms with Gasteiger partial charge in [0.05, 0.1) is 28.5 Å². The van der Waals surface area contributed by atoms with Gasteiger partial charge in [-0.15, -0.1) is 0 Å². The van der Waals surface area contributed by atoms with E-state index < -0.39 is 33.6 Å². The van der Waals surface area contributed by atoms with Crippen LogP contribution in [-0.4, -0.2) is 38.8 Å². The van der Waals surface area contributed by atoms with Crippen LogP contribution < -0.4 is 10.1 Å². The smallest absolute Gasteiger partial charge is 0.416 e. The minimum absolute atomic E-state index is 0.00161. The molecule has 1 saturated heterocycles. The number of carbonyl (C=O) groups excluding carboxylic acids is 1. The molecule has 0 radical (unpaired) electrons. The Bertz CT molecular complexity index is 1080. The lowest BCUT2D eigenvalue weighted by atomic mass is 9.98. The fraction of sp³-hybridized carbons (Fsp3) is 0.350. The first-order valence-electron chi connectivity index (χ1n) is 9.34. The minimum atomic E-state index is -4.53. The third kappa shape index (κ3) is 5.31. The van der Waals surface area contributed by atoms with Crippen molar-refractivity contribution >= 4 is 33.2 Å². The summed E-state index contributed by atoms with van der Waals surface area (Å²) >= 11 is 6.04. The van der Waals surface area contributed by atoms with Gasteiger partial charge in [-0.2, -0.15) is 17.5 Å². The van der Waals surface area contributed by atoms with Crippen LogP contribution in [0.2, 0.25) is 5.02 Å². The highest BCUT2D eigenvalue weighted by atomic mass is 35.5. The molecule has 0 aliphatic carbocycles. The molecular formula is C20H20ClF3N2O4S. The first-order valence-corrected chi connectivity index (χ1v) is 11.2. The van der Waals surface area contributed by atoms with Crippen molar-refractivity contribution in [3.05, 3.63) is 53.1 Å². The van der Waals surface area contributed by atoms with E-state index in [1.807, 2.05) is 0 Å². The first-order chi connectivity index (χ1) is 14.5. The van der Waals surface area contributed by atoms with E-state index in [9.17, 15) is 26.4 Å². The molecule has 1 aliphatic heterocycles. The number of nitrogens with zero attached hydrogens (tertiary/aromatic N) is 1. The molecular weight excluding hydrogens is 457 g/mol. The molecule has 1 atom stereocenters. The lowest BCUT2D eigenvalue weighted by Gasteiger charge is -2.31. The Balaban J connectivity index is 1.74. The maximum atomic E-state index is 13.0. The summed E-state index contributed by atoms with van der Waals surface area (Å²) in [6.07, 6.45) is -3.68. The van der Waals surface area contributed by atoms with Crippen molar-refractivity contribution in [2.24, 2.45) is 5.92 Å². The van der Waals surface area contributed by atoms with Crippen molar-refractivity contribution in [3.63, 3.8) is 0 Å². The Kier molecular flexibility index (Phi) is 6.82. The highest BCUT2D eigenvalue weighted by molar-refractivity contribution is 7.89. The average molecular weight is 477 g/mol. The maximum Gasteiger partial charge on any atom is 0.416 e. The van der Waals surface area contributed by atoms with Crippen LogP contribution in [0.1, 0.15) is 18.4 Å². The largest absolute Gasteiger partial charge is 0.495 e. The summed E-state index contributed by atoms with van der Waals surface area (Å²) in [5.41, 5.74) is -0.878. The number of ether oxygens (including phenoxy) is 1. The molecule has 2 aromatic rings. The lowest BCUT2D eigenvalue weighted by molar-refractivity contribution is -0.137. The van der Waals surface area contributed by atoms with Gasteiger partial charge in [-0.25, -0.2) is 8.42 Å². The van der Waals surface area contributed by atoms with E-state index in [4.69, 9.17) is 16.3 Å². The Labute approximate surface area is 183 Å². The van der Waals surface area contributed by atoms with Gasteiger partial charge in [0, 0.05) is 18.8 Å². The number of hydrogen-bond acceptors (Lipinski definition) is 4. The summed E-state index contributed by atoms with van der Waals surface area (Å²) in [5.74, 6) is -0.906. The molecule has 1 N–H and O–H groups in total. The molecule has 0 bridgehead atoms. The van der Waals surface area contributed by atoms with Gasteiger partial charge in [-0.3, -0.25) is 4.79 Å². The van der Waals surface area contributed by atoms with Crippen molar-refractivity contribution in [3.8, 4) is 5.75 Å². The SMILES string of the molecule is COc1ccc(S(=O)(=O)N2CCC[C@H](C(=O)Nc3cccc(C(F)(F)F)c3)C2)cc1Cl. The molecule has 3 rings (SSSR count). The zero-order chi connectivity index (χ0) is 22.8. The Morgan fingerprint density at radius 1 is 1.23 bits per heavy atom. The number of carbonyl (C=O) groups is 1. The maximum absolute atomic E-state index is 13.0. The molecule has 168 valence electrons. The molecule has 0 unspecified atom stereocenters. The molecule has 0 aromatic heterocycles. The van der Waals surface area contributed by atoms with Gasteiger partial charge < -0.3 is 10.1 Å². The molecule has 0 saturated carbocycles. The standard InChI is InChI=1S/C20H20ClF3N2O4S/c1-30-18-8-7-16(11-17(18)21)31(28,29)26-9-3-4-13(12-26)19(27)25-15-6-2-5-14(10-15)20(22,23)24/h2,5-8,10-11,13H,3-4,9,12H2,1H3,(H,25,27)/t13-/m0/s1. The van der Waals surface area contributed by atoms with E-state index >= 15 is 0 Å². The van der Waals surface area contributed by atoms with Crippen LogP contribution in [0.3, 0.4) is 0 Å². The van der Waals surface area contributed by atoms with E-state index in [0.717, 1.165) is 12.1 Å².